The SMILES string of the molecule is N[C@H](C(=O)N1CC[C@H]1C(=O)c1ccccc1)C1CCCCC1. The first kappa shape index (κ1) is 15.2. The first-order valence-corrected chi connectivity index (χ1v) is 8.34. The number of ketones is 1. The van der Waals surface area contributed by atoms with Crippen LogP contribution in [-0.4, -0.2) is 35.2 Å². The highest BCUT2D eigenvalue weighted by molar-refractivity contribution is 6.03. The second-order valence-electron chi connectivity index (χ2n) is 6.49. The maximum absolute atomic E-state index is 12.6. The minimum absolute atomic E-state index is 0.0348. The smallest absolute Gasteiger partial charge is 0.240 e. The number of Topliss-reactive ketones (excluding diaryl/α,β-unsaturated/α-hetero) is 1. The molecule has 1 heterocycles. The lowest BCUT2D eigenvalue weighted by Gasteiger charge is -2.42. The zero-order valence-electron chi connectivity index (χ0n) is 12.9. The van der Waals surface area contributed by atoms with Crippen LogP contribution in [0.1, 0.15) is 48.9 Å². The summed E-state index contributed by atoms with van der Waals surface area (Å²) in [4.78, 5) is 26.8. The summed E-state index contributed by atoms with van der Waals surface area (Å²) in [6, 6.07) is 8.46. The van der Waals surface area contributed by atoms with E-state index >= 15 is 0 Å². The van der Waals surface area contributed by atoms with Crippen molar-refractivity contribution < 1.29 is 9.59 Å². The monoisotopic (exact) mass is 300 g/mol. The van der Waals surface area contributed by atoms with E-state index in [4.69, 9.17) is 5.73 Å². The fourth-order valence-electron chi connectivity index (χ4n) is 3.60. The Hall–Kier alpha value is -1.68. The van der Waals surface area contributed by atoms with Gasteiger partial charge in [0.15, 0.2) is 5.78 Å². The zero-order chi connectivity index (χ0) is 15.5. The summed E-state index contributed by atoms with van der Waals surface area (Å²) in [6.45, 7) is 0.655. The molecule has 1 amide bonds. The number of nitrogens with two attached hydrogens (primary N) is 1. The molecule has 0 unspecified atom stereocenters. The predicted octanol–water partition coefficient (Wildman–Crippen LogP) is 2.38. The molecule has 2 fully saturated rings. The maximum Gasteiger partial charge on any atom is 0.240 e. The van der Waals surface area contributed by atoms with E-state index in [0.717, 1.165) is 32.1 Å². The third kappa shape index (κ3) is 2.93. The molecular formula is C18H24N2O2. The molecule has 1 saturated heterocycles. The molecule has 22 heavy (non-hydrogen) atoms. The summed E-state index contributed by atoms with van der Waals surface area (Å²) < 4.78 is 0. The van der Waals surface area contributed by atoms with Crippen LogP contribution < -0.4 is 5.73 Å². The normalized spacial score (nSPS) is 23.7. The Balaban J connectivity index is 1.64. The fourth-order valence-corrected chi connectivity index (χ4v) is 3.60. The van der Waals surface area contributed by atoms with Gasteiger partial charge in [-0.3, -0.25) is 9.59 Å². The highest BCUT2D eigenvalue weighted by Gasteiger charge is 2.41. The second-order valence-corrected chi connectivity index (χ2v) is 6.49. The molecule has 1 saturated carbocycles. The number of carbonyl (C=O) groups is 2. The molecule has 4 heteroatoms. The van der Waals surface area contributed by atoms with Crippen molar-refractivity contribution in [2.75, 3.05) is 6.54 Å². The molecule has 3 rings (SSSR count). The van der Waals surface area contributed by atoms with Gasteiger partial charge in [0.25, 0.3) is 0 Å². The van der Waals surface area contributed by atoms with E-state index in [1.807, 2.05) is 30.3 Å². The molecule has 1 aliphatic heterocycles. The molecule has 0 bridgehead atoms. The van der Waals surface area contributed by atoms with Crippen molar-refractivity contribution in [2.45, 2.75) is 50.6 Å². The minimum atomic E-state index is -0.438. The third-order valence-electron chi connectivity index (χ3n) is 5.11. The molecule has 4 nitrogen and oxygen atoms in total. The Bertz CT molecular complexity index is 537. The van der Waals surface area contributed by atoms with Crippen LogP contribution in [-0.2, 0) is 4.79 Å². The second kappa shape index (κ2) is 6.61. The fraction of sp³-hybridized carbons (Fsp3) is 0.556. The van der Waals surface area contributed by atoms with Gasteiger partial charge in [-0.15, -0.1) is 0 Å². The molecule has 118 valence electrons. The Morgan fingerprint density at radius 2 is 1.73 bits per heavy atom. The first-order chi connectivity index (χ1) is 10.7. The van der Waals surface area contributed by atoms with Gasteiger partial charge in [-0.05, 0) is 25.2 Å². The number of hydrogen-bond acceptors (Lipinski definition) is 3. The first-order valence-electron chi connectivity index (χ1n) is 8.34. The van der Waals surface area contributed by atoms with Crippen LogP contribution in [0.2, 0.25) is 0 Å². The van der Waals surface area contributed by atoms with Crippen LogP contribution in [0.25, 0.3) is 0 Å². The number of likely N-dealkylation sites (tertiary alicyclic amines) is 1. The summed E-state index contributed by atoms with van der Waals surface area (Å²) >= 11 is 0. The number of amides is 1. The van der Waals surface area contributed by atoms with Gasteiger partial charge in [0, 0.05) is 12.1 Å². The number of rotatable bonds is 4. The van der Waals surface area contributed by atoms with Crippen molar-refractivity contribution in [2.24, 2.45) is 11.7 Å². The van der Waals surface area contributed by atoms with Crippen LogP contribution in [0, 0.1) is 5.92 Å². The standard InChI is InChI=1S/C18H24N2O2/c19-16(13-7-3-1-4-8-13)18(22)20-12-11-15(20)17(21)14-9-5-2-6-10-14/h2,5-6,9-10,13,15-16H,1,3-4,7-8,11-12,19H2/t15-,16-/m0/s1. The van der Waals surface area contributed by atoms with E-state index in [9.17, 15) is 9.59 Å². The number of carbonyl (C=O) groups excluding carboxylic acids is 2. The van der Waals surface area contributed by atoms with Crippen molar-refractivity contribution in [3.05, 3.63) is 35.9 Å². The Kier molecular flexibility index (Phi) is 4.57. The van der Waals surface area contributed by atoms with Crippen molar-refractivity contribution >= 4 is 11.7 Å². The topological polar surface area (TPSA) is 63.4 Å². The molecule has 1 aromatic carbocycles. The van der Waals surface area contributed by atoms with Crippen molar-refractivity contribution in [3.63, 3.8) is 0 Å². The van der Waals surface area contributed by atoms with Crippen LogP contribution >= 0.6 is 0 Å². The largest absolute Gasteiger partial charge is 0.331 e. The molecule has 0 spiro atoms. The van der Waals surface area contributed by atoms with Gasteiger partial charge < -0.3 is 10.6 Å². The Labute approximate surface area is 131 Å². The lowest BCUT2D eigenvalue weighted by atomic mass is 9.82. The molecule has 1 aliphatic carbocycles. The molecule has 0 radical (unpaired) electrons. The average molecular weight is 300 g/mol. The maximum atomic E-state index is 12.6. The highest BCUT2D eigenvalue weighted by Crippen LogP contribution is 2.29. The molecule has 0 aromatic heterocycles. The predicted molar refractivity (Wildman–Crippen MR) is 85.4 cm³/mol. The van der Waals surface area contributed by atoms with E-state index in [1.165, 1.54) is 6.42 Å². The lowest BCUT2D eigenvalue weighted by molar-refractivity contribution is -0.140. The summed E-state index contributed by atoms with van der Waals surface area (Å²) in [7, 11) is 0. The van der Waals surface area contributed by atoms with Gasteiger partial charge in [-0.1, -0.05) is 49.6 Å². The van der Waals surface area contributed by atoms with Crippen LogP contribution in [0.4, 0.5) is 0 Å². The van der Waals surface area contributed by atoms with Crippen LogP contribution in [0.15, 0.2) is 30.3 Å². The van der Waals surface area contributed by atoms with E-state index < -0.39 is 6.04 Å². The van der Waals surface area contributed by atoms with Crippen LogP contribution in [0.5, 0.6) is 0 Å². The summed E-state index contributed by atoms with van der Waals surface area (Å²) in [6.07, 6.45) is 6.40. The average Bonchev–Trinajstić information content (AvgIpc) is 2.54. The quantitative estimate of drug-likeness (QED) is 0.868. The molecule has 1 aromatic rings. The summed E-state index contributed by atoms with van der Waals surface area (Å²) in [5, 5.41) is 0. The van der Waals surface area contributed by atoms with Crippen molar-refractivity contribution in [1.82, 2.24) is 4.90 Å². The van der Waals surface area contributed by atoms with E-state index in [0.29, 0.717) is 12.1 Å². The van der Waals surface area contributed by atoms with E-state index in [-0.39, 0.29) is 23.7 Å². The van der Waals surface area contributed by atoms with Gasteiger partial charge in [-0.2, -0.15) is 0 Å². The summed E-state index contributed by atoms with van der Waals surface area (Å²) in [5.41, 5.74) is 6.88. The van der Waals surface area contributed by atoms with Crippen molar-refractivity contribution in [3.8, 4) is 0 Å². The Morgan fingerprint density at radius 1 is 1.05 bits per heavy atom. The minimum Gasteiger partial charge on any atom is -0.331 e. The Morgan fingerprint density at radius 3 is 2.32 bits per heavy atom. The molecule has 2 aliphatic rings. The van der Waals surface area contributed by atoms with Gasteiger partial charge in [-0.25, -0.2) is 0 Å². The van der Waals surface area contributed by atoms with E-state index in [1.54, 1.807) is 4.90 Å². The van der Waals surface area contributed by atoms with Gasteiger partial charge in [0.2, 0.25) is 5.91 Å². The highest BCUT2D eigenvalue weighted by atomic mass is 16.2. The third-order valence-corrected chi connectivity index (χ3v) is 5.11. The van der Waals surface area contributed by atoms with E-state index in [2.05, 4.69) is 0 Å². The number of hydrogen-bond donors (Lipinski definition) is 1. The van der Waals surface area contributed by atoms with Crippen molar-refractivity contribution in [1.29, 1.82) is 0 Å². The molecule has 2 atom stereocenters. The molecular weight excluding hydrogens is 276 g/mol. The number of benzene rings is 1. The number of nitrogens with zero attached hydrogens (tertiary/aromatic N) is 1. The van der Waals surface area contributed by atoms with Gasteiger partial charge >= 0.3 is 0 Å². The van der Waals surface area contributed by atoms with Gasteiger partial charge in [0.05, 0.1) is 12.1 Å². The van der Waals surface area contributed by atoms with Crippen LogP contribution in [0.3, 0.4) is 0 Å². The van der Waals surface area contributed by atoms with Gasteiger partial charge in [0.1, 0.15) is 0 Å². The molecule has 2 N–H and O–H groups in total. The zero-order valence-corrected chi connectivity index (χ0v) is 12.9. The summed E-state index contributed by atoms with van der Waals surface area (Å²) in [5.74, 6) is 0.290. The lowest BCUT2D eigenvalue weighted by Crippen LogP contribution is -2.60.